The fraction of sp³-hybridized carbons (Fsp3) is 0.588. The van der Waals surface area contributed by atoms with E-state index < -0.39 is 6.10 Å². The van der Waals surface area contributed by atoms with Crippen molar-refractivity contribution < 1.29 is 9.53 Å². The molecular formula is C17H25NO2S. The van der Waals surface area contributed by atoms with Crippen molar-refractivity contribution >= 4 is 17.7 Å². The molecule has 1 amide bonds. The van der Waals surface area contributed by atoms with E-state index in [1.54, 1.807) is 0 Å². The van der Waals surface area contributed by atoms with Gasteiger partial charge in [0.15, 0.2) is 6.10 Å². The molecule has 1 fully saturated rings. The van der Waals surface area contributed by atoms with E-state index >= 15 is 0 Å². The average molecular weight is 307 g/mol. The maximum absolute atomic E-state index is 12.5. The number of rotatable bonds is 6. The zero-order chi connectivity index (χ0) is 15.2. The Morgan fingerprint density at radius 1 is 1.43 bits per heavy atom. The number of hydrogen-bond donors (Lipinski definition) is 0. The summed E-state index contributed by atoms with van der Waals surface area (Å²) in [6.07, 6.45) is 2.07. The number of aryl methyl sites for hydroxylation is 1. The predicted octanol–water partition coefficient (Wildman–Crippen LogP) is 3.51. The number of ether oxygens (including phenoxy) is 1. The van der Waals surface area contributed by atoms with Crippen LogP contribution in [0.5, 0.6) is 5.75 Å². The van der Waals surface area contributed by atoms with Crippen molar-refractivity contribution in [2.75, 3.05) is 18.8 Å². The van der Waals surface area contributed by atoms with Crippen LogP contribution in [0.4, 0.5) is 0 Å². The van der Waals surface area contributed by atoms with Crippen LogP contribution in [-0.4, -0.2) is 41.0 Å². The van der Waals surface area contributed by atoms with Gasteiger partial charge in [-0.05, 0) is 51.5 Å². The standard InChI is InChI=1S/C17H25NO2S/c1-4-18(12-16-6-5-11-21-16)17(19)14(3)20-15-9-7-13(2)8-10-15/h7-10,14,16H,4-6,11-12H2,1-3H3. The first kappa shape index (κ1) is 16.2. The van der Waals surface area contributed by atoms with Crippen molar-refractivity contribution in [3.8, 4) is 5.75 Å². The molecule has 1 aromatic rings. The summed E-state index contributed by atoms with van der Waals surface area (Å²) < 4.78 is 5.78. The first-order chi connectivity index (χ1) is 10.1. The molecule has 0 N–H and O–H groups in total. The SMILES string of the molecule is CCN(CC1CCCS1)C(=O)C(C)Oc1ccc(C)cc1. The summed E-state index contributed by atoms with van der Waals surface area (Å²) >= 11 is 1.99. The van der Waals surface area contributed by atoms with Gasteiger partial charge in [0.25, 0.3) is 5.91 Å². The lowest BCUT2D eigenvalue weighted by Crippen LogP contribution is -2.43. The van der Waals surface area contributed by atoms with Gasteiger partial charge in [0.1, 0.15) is 5.75 Å². The average Bonchev–Trinajstić information content (AvgIpc) is 2.99. The third kappa shape index (κ3) is 4.67. The molecule has 2 unspecified atom stereocenters. The van der Waals surface area contributed by atoms with Gasteiger partial charge in [0.2, 0.25) is 0 Å². The molecule has 1 aliphatic heterocycles. The number of nitrogens with zero attached hydrogens (tertiary/aromatic N) is 1. The summed E-state index contributed by atoms with van der Waals surface area (Å²) in [6, 6.07) is 7.84. The lowest BCUT2D eigenvalue weighted by Gasteiger charge is -2.27. The largest absolute Gasteiger partial charge is 0.481 e. The molecule has 1 aromatic carbocycles. The normalized spacial score (nSPS) is 19.3. The van der Waals surface area contributed by atoms with Crippen LogP contribution >= 0.6 is 11.8 Å². The molecule has 21 heavy (non-hydrogen) atoms. The van der Waals surface area contributed by atoms with Crippen LogP contribution in [0.15, 0.2) is 24.3 Å². The Balaban J connectivity index is 1.91. The second-order valence-electron chi connectivity index (χ2n) is 5.59. The molecule has 0 bridgehead atoms. The first-order valence-electron chi connectivity index (χ1n) is 7.74. The fourth-order valence-electron chi connectivity index (χ4n) is 2.54. The minimum Gasteiger partial charge on any atom is -0.481 e. The Morgan fingerprint density at radius 2 is 2.14 bits per heavy atom. The molecular weight excluding hydrogens is 282 g/mol. The van der Waals surface area contributed by atoms with Crippen molar-refractivity contribution in [2.45, 2.75) is 45.0 Å². The fourth-order valence-corrected chi connectivity index (χ4v) is 3.82. The van der Waals surface area contributed by atoms with Crippen LogP contribution < -0.4 is 4.74 Å². The van der Waals surface area contributed by atoms with Crippen molar-refractivity contribution in [1.82, 2.24) is 4.90 Å². The highest BCUT2D eigenvalue weighted by atomic mass is 32.2. The quantitative estimate of drug-likeness (QED) is 0.805. The van der Waals surface area contributed by atoms with E-state index in [0.717, 1.165) is 18.8 Å². The summed E-state index contributed by atoms with van der Waals surface area (Å²) in [7, 11) is 0. The smallest absolute Gasteiger partial charge is 0.263 e. The lowest BCUT2D eigenvalue weighted by atomic mass is 10.2. The number of carbonyl (C=O) groups is 1. The molecule has 0 aliphatic carbocycles. The van der Waals surface area contributed by atoms with Gasteiger partial charge in [-0.3, -0.25) is 4.79 Å². The zero-order valence-electron chi connectivity index (χ0n) is 13.2. The van der Waals surface area contributed by atoms with Crippen LogP contribution in [0.2, 0.25) is 0 Å². The molecule has 116 valence electrons. The van der Waals surface area contributed by atoms with E-state index in [0.29, 0.717) is 5.25 Å². The van der Waals surface area contributed by atoms with E-state index in [2.05, 4.69) is 0 Å². The minimum absolute atomic E-state index is 0.0885. The zero-order valence-corrected chi connectivity index (χ0v) is 14.0. The van der Waals surface area contributed by atoms with Gasteiger partial charge in [0, 0.05) is 18.3 Å². The van der Waals surface area contributed by atoms with Crippen LogP contribution in [0.3, 0.4) is 0 Å². The van der Waals surface area contributed by atoms with Gasteiger partial charge >= 0.3 is 0 Å². The molecule has 0 spiro atoms. The van der Waals surface area contributed by atoms with Gasteiger partial charge < -0.3 is 9.64 Å². The van der Waals surface area contributed by atoms with Crippen molar-refractivity contribution in [3.05, 3.63) is 29.8 Å². The highest BCUT2D eigenvalue weighted by molar-refractivity contribution is 8.00. The molecule has 0 radical (unpaired) electrons. The maximum Gasteiger partial charge on any atom is 0.263 e. The molecule has 2 rings (SSSR count). The molecule has 4 heteroatoms. The highest BCUT2D eigenvalue weighted by Gasteiger charge is 2.25. The molecule has 3 nitrogen and oxygen atoms in total. The summed E-state index contributed by atoms with van der Waals surface area (Å²) in [5, 5.41) is 0.598. The van der Waals surface area contributed by atoms with Crippen molar-refractivity contribution in [3.63, 3.8) is 0 Å². The van der Waals surface area contributed by atoms with Crippen LogP contribution in [-0.2, 0) is 4.79 Å². The van der Waals surface area contributed by atoms with E-state index in [4.69, 9.17) is 4.74 Å². The number of thioether (sulfide) groups is 1. The van der Waals surface area contributed by atoms with E-state index in [1.165, 1.54) is 24.2 Å². The van der Waals surface area contributed by atoms with E-state index in [-0.39, 0.29) is 5.91 Å². The van der Waals surface area contributed by atoms with Gasteiger partial charge in [-0.2, -0.15) is 11.8 Å². The molecule has 1 heterocycles. The second-order valence-corrected chi connectivity index (χ2v) is 6.99. The Labute approximate surface area is 132 Å². The van der Waals surface area contributed by atoms with Crippen LogP contribution in [0, 0.1) is 6.92 Å². The summed E-state index contributed by atoms with van der Waals surface area (Å²) in [4.78, 5) is 14.5. The summed E-state index contributed by atoms with van der Waals surface area (Å²) in [5.41, 5.74) is 1.19. The van der Waals surface area contributed by atoms with E-state index in [9.17, 15) is 4.79 Å². The third-order valence-electron chi connectivity index (χ3n) is 3.82. The summed E-state index contributed by atoms with van der Waals surface area (Å²) in [6.45, 7) is 7.51. The van der Waals surface area contributed by atoms with Gasteiger partial charge in [0.05, 0.1) is 0 Å². The highest BCUT2D eigenvalue weighted by Crippen LogP contribution is 2.27. The monoisotopic (exact) mass is 307 g/mol. The Hall–Kier alpha value is -1.16. The molecule has 0 aromatic heterocycles. The van der Waals surface area contributed by atoms with Crippen molar-refractivity contribution in [2.24, 2.45) is 0 Å². The third-order valence-corrected chi connectivity index (χ3v) is 5.20. The maximum atomic E-state index is 12.5. The molecule has 1 aliphatic rings. The number of amides is 1. The Bertz CT molecular complexity index is 454. The van der Waals surface area contributed by atoms with Crippen LogP contribution in [0.25, 0.3) is 0 Å². The molecule has 0 saturated carbocycles. The molecule has 1 saturated heterocycles. The van der Waals surface area contributed by atoms with Gasteiger partial charge in [-0.15, -0.1) is 0 Å². The number of likely N-dealkylation sites (N-methyl/N-ethyl adjacent to an activating group) is 1. The molecule has 2 atom stereocenters. The minimum atomic E-state index is -0.431. The van der Waals surface area contributed by atoms with Gasteiger partial charge in [-0.25, -0.2) is 0 Å². The first-order valence-corrected chi connectivity index (χ1v) is 8.78. The second kappa shape index (κ2) is 7.74. The Kier molecular flexibility index (Phi) is 5.97. The van der Waals surface area contributed by atoms with Crippen LogP contribution in [0.1, 0.15) is 32.3 Å². The number of hydrogen-bond acceptors (Lipinski definition) is 3. The lowest BCUT2D eigenvalue weighted by molar-refractivity contribution is -0.137. The van der Waals surface area contributed by atoms with E-state index in [1.807, 2.05) is 61.7 Å². The summed E-state index contributed by atoms with van der Waals surface area (Å²) in [5.74, 6) is 2.07. The van der Waals surface area contributed by atoms with Gasteiger partial charge in [-0.1, -0.05) is 17.7 Å². The number of carbonyl (C=O) groups excluding carboxylic acids is 1. The van der Waals surface area contributed by atoms with Crippen molar-refractivity contribution in [1.29, 1.82) is 0 Å². The number of benzene rings is 1. The predicted molar refractivity (Wildman–Crippen MR) is 89.0 cm³/mol. The Morgan fingerprint density at radius 3 is 2.71 bits per heavy atom. The topological polar surface area (TPSA) is 29.5 Å².